The van der Waals surface area contributed by atoms with Crippen LogP contribution >= 0.6 is 11.6 Å². The van der Waals surface area contributed by atoms with Crippen LogP contribution < -0.4 is 5.56 Å². The van der Waals surface area contributed by atoms with Gasteiger partial charge in [0.05, 0.1) is 10.7 Å². The Morgan fingerprint density at radius 1 is 1.30 bits per heavy atom. The standard InChI is InChI=1S/C18H20ClFN2O/c1-17(2)10-8-9-18(17,3)15-13(10)16(23)22(21(15)4)12-7-5-6-11(19)14(12)20/h5-7,10H,8-9H2,1-4H3/t10-,18+/m1/s1. The van der Waals surface area contributed by atoms with Gasteiger partial charge in [0.2, 0.25) is 0 Å². The topological polar surface area (TPSA) is 26.9 Å². The fourth-order valence-electron chi connectivity index (χ4n) is 4.95. The van der Waals surface area contributed by atoms with Crippen LogP contribution in [0.3, 0.4) is 0 Å². The van der Waals surface area contributed by atoms with Gasteiger partial charge < -0.3 is 0 Å². The summed E-state index contributed by atoms with van der Waals surface area (Å²) in [6.07, 6.45) is 2.08. The SMILES string of the molecule is Cn1c2c(c(=O)n1-c1cccc(Cl)c1F)[C@H]1CC[C@]2(C)C1(C)C. The highest BCUT2D eigenvalue weighted by Gasteiger charge is 2.62. The number of hydrogen-bond acceptors (Lipinski definition) is 1. The first-order valence-corrected chi connectivity index (χ1v) is 8.36. The lowest BCUT2D eigenvalue weighted by Gasteiger charge is -2.36. The summed E-state index contributed by atoms with van der Waals surface area (Å²) < 4.78 is 17.7. The maximum atomic E-state index is 14.5. The summed E-state index contributed by atoms with van der Waals surface area (Å²) in [6.45, 7) is 6.72. The Morgan fingerprint density at radius 3 is 2.65 bits per heavy atom. The van der Waals surface area contributed by atoms with Crippen molar-refractivity contribution in [3.8, 4) is 5.69 Å². The molecule has 122 valence electrons. The summed E-state index contributed by atoms with van der Waals surface area (Å²) in [7, 11) is 1.85. The van der Waals surface area contributed by atoms with Gasteiger partial charge in [0.25, 0.3) is 5.56 Å². The maximum absolute atomic E-state index is 14.5. The van der Waals surface area contributed by atoms with Crippen LogP contribution in [0, 0.1) is 11.2 Å². The molecule has 0 amide bonds. The van der Waals surface area contributed by atoms with Gasteiger partial charge >= 0.3 is 0 Å². The monoisotopic (exact) mass is 334 g/mol. The highest BCUT2D eigenvalue weighted by Crippen LogP contribution is 2.66. The van der Waals surface area contributed by atoms with Crippen molar-refractivity contribution < 1.29 is 4.39 Å². The molecule has 2 atom stereocenters. The van der Waals surface area contributed by atoms with Gasteiger partial charge in [-0.25, -0.2) is 9.07 Å². The highest BCUT2D eigenvalue weighted by molar-refractivity contribution is 6.30. The summed E-state index contributed by atoms with van der Waals surface area (Å²) in [5, 5.41) is 0.0327. The van der Waals surface area contributed by atoms with Gasteiger partial charge in [-0.05, 0) is 36.3 Å². The largest absolute Gasteiger partial charge is 0.284 e. The third-order valence-corrected chi connectivity index (χ3v) is 6.85. The van der Waals surface area contributed by atoms with Crippen LogP contribution in [0.1, 0.15) is 50.8 Å². The Kier molecular flexibility index (Phi) is 2.80. The molecule has 2 aliphatic rings. The molecule has 2 aliphatic carbocycles. The van der Waals surface area contributed by atoms with Crippen LogP contribution in [0.25, 0.3) is 5.69 Å². The number of benzene rings is 1. The van der Waals surface area contributed by atoms with E-state index < -0.39 is 5.82 Å². The van der Waals surface area contributed by atoms with Crippen molar-refractivity contribution >= 4 is 11.6 Å². The van der Waals surface area contributed by atoms with Crippen molar-refractivity contribution in [1.29, 1.82) is 0 Å². The quantitative estimate of drug-likeness (QED) is 0.770. The van der Waals surface area contributed by atoms with Crippen molar-refractivity contribution in [2.45, 2.75) is 44.9 Å². The second kappa shape index (κ2) is 4.29. The summed E-state index contributed by atoms with van der Waals surface area (Å²) in [4.78, 5) is 13.1. The molecule has 1 fully saturated rings. The van der Waals surface area contributed by atoms with Crippen molar-refractivity contribution in [3.63, 3.8) is 0 Å². The first-order chi connectivity index (χ1) is 10.7. The average Bonchev–Trinajstić information content (AvgIpc) is 2.94. The molecule has 5 heteroatoms. The predicted octanol–water partition coefficient (Wildman–Crippen LogP) is 4.14. The molecule has 0 saturated heterocycles. The molecule has 0 N–H and O–H groups in total. The fraction of sp³-hybridized carbons (Fsp3) is 0.500. The van der Waals surface area contributed by atoms with Crippen LogP contribution in [-0.2, 0) is 12.5 Å². The molecule has 1 aromatic carbocycles. The zero-order valence-electron chi connectivity index (χ0n) is 13.8. The van der Waals surface area contributed by atoms with Gasteiger partial charge in [0.1, 0.15) is 5.69 Å². The maximum Gasteiger partial charge on any atom is 0.275 e. The minimum atomic E-state index is -0.549. The van der Waals surface area contributed by atoms with Gasteiger partial charge in [-0.1, -0.05) is 38.4 Å². The van der Waals surface area contributed by atoms with Crippen molar-refractivity contribution in [2.24, 2.45) is 12.5 Å². The summed E-state index contributed by atoms with van der Waals surface area (Å²) >= 11 is 5.91. The minimum Gasteiger partial charge on any atom is -0.284 e. The van der Waals surface area contributed by atoms with Crippen LogP contribution in [0.4, 0.5) is 4.39 Å². The lowest BCUT2D eigenvalue weighted by molar-refractivity contribution is 0.217. The first kappa shape index (κ1) is 15.0. The molecule has 0 aliphatic heterocycles. The molecule has 2 bridgehead atoms. The van der Waals surface area contributed by atoms with Crippen molar-refractivity contribution in [2.75, 3.05) is 0 Å². The van der Waals surface area contributed by atoms with E-state index in [1.165, 1.54) is 10.7 Å². The summed E-state index contributed by atoms with van der Waals surface area (Å²) in [5.41, 5.74) is 2.04. The Balaban J connectivity index is 2.05. The number of nitrogens with zero attached hydrogens (tertiary/aromatic N) is 2. The van der Waals surface area contributed by atoms with E-state index in [0.29, 0.717) is 0 Å². The Morgan fingerprint density at radius 2 is 2.00 bits per heavy atom. The lowest BCUT2D eigenvalue weighted by atomic mass is 9.70. The van der Waals surface area contributed by atoms with Crippen molar-refractivity contribution in [3.05, 3.63) is 50.7 Å². The molecular formula is C18H20ClFN2O. The number of hydrogen-bond donors (Lipinski definition) is 0. The first-order valence-electron chi connectivity index (χ1n) is 7.98. The zero-order chi connectivity index (χ0) is 16.7. The van der Waals surface area contributed by atoms with E-state index in [1.54, 1.807) is 12.1 Å². The normalized spacial score (nSPS) is 27.5. The van der Waals surface area contributed by atoms with Gasteiger partial charge in [0, 0.05) is 18.0 Å². The van der Waals surface area contributed by atoms with E-state index in [4.69, 9.17) is 11.6 Å². The van der Waals surface area contributed by atoms with E-state index >= 15 is 0 Å². The van der Waals surface area contributed by atoms with Crippen LogP contribution in [0.2, 0.25) is 5.02 Å². The molecule has 2 aromatic rings. The highest BCUT2D eigenvalue weighted by atomic mass is 35.5. The zero-order valence-corrected chi connectivity index (χ0v) is 14.5. The molecular weight excluding hydrogens is 315 g/mol. The molecule has 1 heterocycles. The Labute approximate surface area is 139 Å². The van der Waals surface area contributed by atoms with Gasteiger partial charge in [-0.15, -0.1) is 0 Å². The van der Waals surface area contributed by atoms with E-state index in [2.05, 4.69) is 20.8 Å². The van der Waals surface area contributed by atoms with E-state index in [-0.39, 0.29) is 33.0 Å². The van der Waals surface area contributed by atoms with Gasteiger partial charge in [0.15, 0.2) is 5.82 Å². The second-order valence-electron chi connectivity index (χ2n) is 7.62. The number of fused-ring (bicyclic) bond motifs is 5. The molecule has 3 nitrogen and oxygen atoms in total. The number of halogens is 2. The van der Waals surface area contributed by atoms with E-state index in [9.17, 15) is 9.18 Å². The average molecular weight is 335 g/mol. The predicted molar refractivity (Wildman–Crippen MR) is 89.1 cm³/mol. The van der Waals surface area contributed by atoms with E-state index in [0.717, 1.165) is 24.1 Å². The minimum absolute atomic E-state index is 0.0327. The molecule has 1 saturated carbocycles. The number of rotatable bonds is 1. The summed E-state index contributed by atoms with van der Waals surface area (Å²) in [5.74, 6) is -0.308. The van der Waals surface area contributed by atoms with Gasteiger partial charge in [-0.2, -0.15) is 0 Å². The smallest absolute Gasteiger partial charge is 0.275 e. The van der Waals surface area contributed by atoms with Crippen LogP contribution in [0.15, 0.2) is 23.0 Å². The third-order valence-electron chi connectivity index (χ3n) is 6.56. The van der Waals surface area contributed by atoms with Crippen LogP contribution in [-0.4, -0.2) is 9.36 Å². The van der Waals surface area contributed by atoms with Crippen molar-refractivity contribution in [1.82, 2.24) is 9.36 Å². The molecule has 23 heavy (non-hydrogen) atoms. The Bertz CT molecular complexity index is 895. The lowest BCUT2D eigenvalue weighted by Crippen LogP contribution is -2.35. The molecule has 1 aromatic heterocycles. The summed E-state index contributed by atoms with van der Waals surface area (Å²) in [6, 6.07) is 4.77. The fourth-order valence-corrected chi connectivity index (χ4v) is 5.12. The Hall–Kier alpha value is -1.55. The molecule has 4 rings (SSSR count). The molecule has 0 radical (unpaired) electrons. The van der Waals surface area contributed by atoms with E-state index in [1.807, 2.05) is 11.7 Å². The molecule has 0 spiro atoms. The third kappa shape index (κ3) is 1.53. The number of aromatic nitrogens is 2. The molecule has 0 unspecified atom stereocenters. The van der Waals surface area contributed by atoms with Gasteiger partial charge in [-0.3, -0.25) is 9.48 Å². The second-order valence-corrected chi connectivity index (χ2v) is 8.03. The van der Waals surface area contributed by atoms with Crippen LogP contribution in [0.5, 0.6) is 0 Å².